The van der Waals surface area contributed by atoms with Crippen molar-refractivity contribution in [3.8, 4) is 5.75 Å². The van der Waals surface area contributed by atoms with Crippen molar-refractivity contribution in [2.24, 2.45) is 0 Å². The molecule has 0 amide bonds. The van der Waals surface area contributed by atoms with Gasteiger partial charge in [-0.15, -0.1) is 0 Å². The van der Waals surface area contributed by atoms with Crippen LogP contribution in [-0.4, -0.2) is 40.0 Å². The van der Waals surface area contributed by atoms with Gasteiger partial charge >= 0.3 is 0 Å². The fourth-order valence-electron chi connectivity index (χ4n) is 1.32. The van der Waals surface area contributed by atoms with Crippen molar-refractivity contribution in [3.63, 3.8) is 0 Å². The lowest BCUT2D eigenvalue weighted by Gasteiger charge is -2.13. The highest BCUT2D eigenvalue weighted by Crippen LogP contribution is 2.13. The second-order valence-electron chi connectivity index (χ2n) is 4.03. The van der Waals surface area contributed by atoms with Gasteiger partial charge in [-0.25, -0.2) is 0 Å². The molecule has 6 heteroatoms. The summed E-state index contributed by atoms with van der Waals surface area (Å²) in [6.07, 6.45) is 0.949. The van der Waals surface area contributed by atoms with Crippen molar-refractivity contribution in [2.75, 3.05) is 27.2 Å². The Balaban J connectivity index is 2.38. The Kier molecular flexibility index (Phi) is 5.58. The Labute approximate surface area is 109 Å². The van der Waals surface area contributed by atoms with Crippen LogP contribution in [0.5, 0.6) is 5.75 Å². The van der Waals surface area contributed by atoms with Gasteiger partial charge in [0.2, 0.25) is 0 Å². The first kappa shape index (κ1) is 14.9. The van der Waals surface area contributed by atoms with E-state index in [0.29, 0.717) is 6.61 Å². The van der Waals surface area contributed by atoms with Crippen LogP contribution in [0.25, 0.3) is 0 Å². The fourth-order valence-corrected chi connectivity index (χ4v) is 1.92. The summed E-state index contributed by atoms with van der Waals surface area (Å²) in [5.41, 5.74) is 1.20. The van der Waals surface area contributed by atoms with Gasteiger partial charge in [0, 0.05) is 20.6 Å². The maximum absolute atomic E-state index is 11.4. The molecule has 0 aliphatic carbocycles. The van der Waals surface area contributed by atoms with Gasteiger partial charge in [0.25, 0.3) is 10.2 Å². The summed E-state index contributed by atoms with van der Waals surface area (Å²) in [5, 5.41) is 0. The van der Waals surface area contributed by atoms with E-state index in [1.165, 1.54) is 19.7 Å². The molecule has 1 aromatic rings. The van der Waals surface area contributed by atoms with Crippen LogP contribution in [0.3, 0.4) is 0 Å². The van der Waals surface area contributed by atoms with E-state index in [-0.39, 0.29) is 6.54 Å². The molecule has 0 unspecified atom stereocenters. The van der Waals surface area contributed by atoms with E-state index in [2.05, 4.69) is 11.6 Å². The average Bonchev–Trinajstić information content (AvgIpc) is 2.35. The number of nitrogens with one attached hydrogen (secondary N) is 1. The minimum Gasteiger partial charge on any atom is -0.492 e. The molecule has 0 aromatic heterocycles. The van der Waals surface area contributed by atoms with Crippen molar-refractivity contribution in [2.45, 2.75) is 13.3 Å². The lowest BCUT2D eigenvalue weighted by atomic mass is 10.2. The minimum atomic E-state index is -3.36. The van der Waals surface area contributed by atoms with Crippen molar-refractivity contribution in [1.82, 2.24) is 9.03 Å². The smallest absolute Gasteiger partial charge is 0.279 e. The second-order valence-corrected chi connectivity index (χ2v) is 6.00. The molecule has 0 radical (unpaired) electrons. The van der Waals surface area contributed by atoms with Crippen LogP contribution in [0.2, 0.25) is 0 Å². The highest BCUT2D eigenvalue weighted by Gasteiger charge is 2.11. The first-order chi connectivity index (χ1) is 8.45. The summed E-state index contributed by atoms with van der Waals surface area (Å²) in [5.74, 6) is 0.762. The second kappa shape index (κ2) is 6.72. The summed E-state index contributed by atoms with van der Waals surface area (Å²) in [6.45, 7) is 2.63. The molecule has 1 N–H and O–H groups in total. The van der Waals surface area contributed by atoms with Gasteiger partial charge in [-0.1, -0.05) is 19.1 Å². The number of hydrogen-bond donors (Lipinski definition) is 1. The van der Waals surface area contributed by atoms with E-state index in [4.69, 9.17) is 4.74 Å². The molecular weight excluding hydrogens is 252 g/mol. The molecule has 0 bridgehead atoms. The monoisotopic (exact) mass is 272 g/mol. The molecule has 1 aromatic carbocycles. The largest absolute Gasteiger partial charge is 0.492 e. The molecule has 102 valence electrons. The third-order valence-corrected chi connectivity index (χ3v) is 3.97. The van der Waals surface area contributed by atoms with Crippen molar-refractivity contribution >= 4 is 10.2 Å². The Morgan fingerprint density at radius 1 is 1.33 bits per heavy atom. The quantitative estimate of drug-likeness (QED) is 0.754. The highest BCUT2D eigenvalue weighted by molar-refractivity contribution is 7.87. The maximum atomic E-state index is 11.4. The summed E-state index contributed by atoms with van der Waals surface area (Å²) >= 11 is 0. The fraction of sp³-hybridized carbons (Fsp3) is 0.500. The number of hydrogen-bond acceptors (Lipinski definition) is 3. The normalized spacial score (nSPS) is 11.8. The lowest BCUT2D eigenvalue weighted by molar-refractivity contribution is 0.321. The molecule has 0 saturated carbocycles. The number of ether oxygens (including phenoxy) is 1. The van der Waals surface area contributed by atoms with Gasteiger partial charge in [-0.3, -0.25) is 0 Å². The zero-order chi connectivity index (χ0) is 13.6. The van der Waals surface area contributed by atoms with Crippen molar-refractivity contribution in [1.29, 1.82) is 0 Å². The third kappa shape index (κ3) is 4.64. The first-order valence-electron chi connectivity index (χ1n) is 5.84. The maximum Gasteiger partial charge on any atom is 0.279 e. The Hall–Kier alpha value is -1.11. The van der Waals surface area contributed by atoms with Crippen LogP contribution in [0.1, 0.15) is 12.5 Å². The average molecular weight is 272 g/mol. The standard InChI is InChI=1S/C12H20N2O3S/c1-4-11-6-5-7-12(10-11)17-9-8-13-18(15,16)14(2)3/h5-7,10,13H,4,8-9H2,1-3H3. The number of benzene rings is 1. The van der Waals surface area contributed by atoms with E-state index in [9.17, 15) is 8.42 Å². The number of nitrogens with zero attached hydrogens (tertiary/aromatic N) is 1. The lowest BCUT2D eigenvalue weighted by Crippen LogP contribution is -2.37. The molecule has 18 heavy (non-hydrogen) atoms. The molecule has 0 aliphatic rings. The molecule has 0 aliphatic heterocycles. The van der Waals surface area contributed by atoms with Crippen molar-refractivity contribution < 1.29 is 13.2 Å². The molecule has 0 atom stereocenters. The minimum absolute atomic E-state index is 0.247. The Bertz CT molecular complexity index is 472. The highest BCUT2D eigenvalue weighted by atomic mass is 32.2. The third-order valence-electron chi connectivity index (χ3n) is 2.44. The predicted octanol–water partition coefficient (Wildman–Crippen LogP) is 1.02. The van der Waals surface area contributed by atoms with Crippen LogP contribution < -0.4 is 9.46 Å². The summed E-state index contributed by atoms with van der Waals surface area (Å²) in [7, 11) is -0.402. The molecule has 0 fully saturated rings. The van der Waals surface area contributed by atoms with E-state index >= 15 is 0 Å². The van der Waals surface area contributed by atoms with E-state index in [0.717, 1.165) is 16.5 Å². The summed E-state index contributed by atoms with van der Waals surface area (Å²) in [6, 6.07) is 7.78. The number of aryl methyl sites for hydroxylation is 1. The van der Waals surface area contributed by atoms with Crippen LogP contribution in [0, 0.1) is 0 Å². The molecule has 0 heterocycles. The topological polar surface area (TPSA) is 58.6 Å². The molecule has 0 saturated heterocycles. The Morgan fingerprint density at radius 3 is 2.67 bits per heavy atom. The predicted molar refractivity (Wildman–Crippen MR) is 71.9 cm³/mol. The molecule has 5 nitrogen and oxygen atoms in total. The zero-order valence-electron chi connectivity index (χ0n) is 11.0. The Morgan fingerprint density at radius 2 is 2.06 bits per heavy atom. The van der Waals surface area contributed by atoms with Gasteiger partial charge in [0.05, 0.1) is 0 Å². The molecule has 1 rings (SSSR count). The van der Waals surface area contributed by atoms with Crippen LogP contribution in [-0.2, 0) is 16.6 Å². The first-order valence-corrected chi connectivity index (χ1v) is 7.28. The molecular formula is C12H20N2O3S. The molecule has 0 spiro atoms. The summed E-state index contributed by atoms with van der Waals surface area (Å²) in [4.78, 5) is 0. The van der Waals surface area contributed by atoms with Gasteiger partial charge in [-0.05, 0) is 24.1 Å². The SMILES string of the molecule is CCc1cccc(OCCNS(=O)(=O)N(C)C)c1. The van der Waals surface area contributed by atoms with E-state index < -0.39 is 10.2 Å². The van der Waals surface area contributed by atoms with E-state index in [1.807, 2.05) is 24.3 Å². The zero-order valence-corrected chi connectivity index (χ0v) is 11.8. The summed E-state index contributed by atoms with van der Waals surface area (Å²) < 4.78 is 31.8. The van der Waals surface area contributed by atoms with E-state index in [1.54, 1.807) is 0 Å². The van der Waals surface area contributed by atoms with Gasteiger partial charge < -0.3 is 4.74 Å². The van der Waals surface area contributed by atoms with Crippen molar-refractivity contribution in [3.05, 3.63) is 29.8 Å². The van der Waals surface area contributed by atoms with Crippen LogP contribution >= 0.6 is 0 Å². The van der Waals surface area contributed by atoms with Gasteiger partial charge in [0.15, 0.2) is 0 Å². The van der Waals surface area contributed by atoms with Gasteiger partial charge in [0.1, 0.15) is 12.4 Å². The van der Waals surface area contributed by atoms with Gasteiger partial charge in [-0.2, -0.15) is 17.4 Å². The van der Waals surface area contributed by atoms with Crippen LogP contribution in [0.4, 0.5) is 0 Å². The van der Waals surface area contributed by atoms with Crippen LogP contribution in [0.15, 0.2) is 24.3 Å². The number of rotatable bonds is 7.